The Bertz CT molecular complexity index is 278. The Kier molecular flexibility index (Phi) is 2.52. The van der Waals surface area contributed by atoms with Gasteiger partial charge >= 0.3 is 0 Å². The summed E-state index contributed by atoms with van der Waals surface area (Å²) in [7, 11) is 0. The molecule has 0 aromatic carbocycles. The molecule has 2 aliphatic carbocycles. The lowest BCUT2D eigenvalue weighted by molar-refractivity contribution is -0.0432. The monoisotopic (exact) mass is 206 g/mol. The van der Waals surface area contributed by atoms with Crippen LogP contribution in [0.5, 0.6) is 0 Å². The number of hydrogen-bond donors (Lipinski definition) is 0. The fraction of sp³-hybridized carbons (Fsp3) is 0.867. The summed E-state index contributed by atoms with van der Waals surface area (Å²) in [6.45, 7) is 12.0. The van der Waals surface area contributed by atoms with E-state index >= 15 is 0 Å². The van der Waals surface area contributed by atoms with Gasteiger partial charge in [0.1, 0.15) is 0 Å². The van der Waals surface area contributed by atoms with E-state index in [4.69, 9.17) is 0 Å². The summed E-state index contributed by atoms with van der Waals surface area (Å²) >= 11 is 0. The second-order valence-corrected chi connectivity index (χ2v) is 6.60. The molecule has 2 unspecified atom stereocenters. The van der Waals surface area contributed by atoms with Gasteiger partial charge < -0.3 is 0 Å². The zero-order chi connectivity index (χ0) is 11.3. The van der Waals surface area contributed by atoms with E-state index in [1.807, 2.05) is 0 Å². The largest absolute Gasteiger partial charge is 0.0853 e. The lowest BCUT2D eigenvalue weighted by Gasteiger charge is -2.55. The van der Waals surface area contributed by atoms with Gasteiger partial charge in [0, 0.05) is 0 Å². The molecule has 0 aromatic heterocycles. The Balaban J connectivity index is 2.20. The predicted octanol–water partition coefficient (Wildman–Crippen LogP) is 4.81. The minimum atomic E-state index is 0.596. The molecule has 0 aromatic rings. The second kappa shape index (κ2) is 3.37. The highest BCUT2D eigenvalue weighted by atomic mass is 14.7. The van der Waals surface area contributed by atoms with E-state index in [9.17, 15) is 0 Å². The summed E-state index contributed by atoms with van der Waals surface area (Å²) in [6, 6.07) is 0. The Morgan fingerprint density at radius 3 is 2.27 bits per heavy atom. The summed E-state index contributed by atoms with van der Waals surface area (Å²) in [6.07, 6.45) is 8.00. The highest BCUT2D eigenvalue weighted by Gasteiger charge is 2.61. The zero-order valence-corrected chi connectivity index (χ0v) is 11.1. The molecule has 86 valence electrons. The van der Waals surface area contributed by atoms with Crippen molar-refractivity contribution >= 4 is 0 Å². The van der Waals surface area contributed by atoms with Crippen molar-refractivity contribution in [1.82, 2.24) is 0 Å². The predicted molar refractivity (Wildman–Crippen MR) is 66.8 cm³/mol. The molecule has 0 heterocycles. The quantitative estimate of drug-likeness (QED) is 0.582. The normalized spacial score (nSPS) is 37.3. The van der Waals surface area contributed by atoms with Crippen LogP contribution in [0.4, 0.5) is 0 Å². The zero-order valence-electron chi connectivity index (χ0n) is 11.1. The van der Waals surface area contributed by atoms with Crippen molar-refractivity contribution in [2.24, 2.45) is 22.7 Å². The van der Waals surface area contributed by atoms with Crippen LogP contribution in [0.25, 0.3) is 0 Å². The first kappa shape index (κ1) is 11.2. The Morgan fingerprint density at radius 1 is 1.33 bits per heavy atom. The van der Waals surface area contributed by atoms with Crippen LogP contribution in [0.15, 0.2) is 11.6 Å². The lowest BCUT2D eigenvalue weighted by atomic mass is 9.50. The van der Waals surface area contributed by atoms with Crippen molar-refractivity contribution in [3.63, 3.8) is 0 Å². The van der Waals surface area contributed by atoms with Gasteiger partial charge in [0.05, 0.1) is 0 Å². The molecule has 0 bridgehead atoms. The van der Waals surface area contributed by atoms with Crippen LogP contribution in [0.1, 0.15) is 60.3 Å². The molecule has 2 rings (SSSR count). The summed E-state index contributed by atoms with van der Waals surface area (Å²) in [5, 5.41) is 0. The van der Waals surface area contributed by atoms with Crippen molar-refractivity contribution in [1.29, 1.82) is 0 Å². The van der Waals surface area contributed by atoms with Gasteiger partial charge in [0.25, 0.3) is 0 Å². The van der Waals surface area contributed by atoms with Crippen LogP contribution in [-0.2, 0) is 0 Å². The molecule has 0 saturated heterocycles. The summed E-state index contributed by atoms with van der Waals surface area (Å²) < 4.78 is 0. The summed E-state index contributed by atoms with van der Waals surface area (Å²) in [4.78, 5) is 0. The molecule has 2 aliphatic rings. The van der Waals surface area contributed by atoms with Gasteiger partial charge in [-0.3, -0.25) is 0 Å². The fourth-order valence-corrected chi connectivity index (χ4v) is 4.57. The van der Waals surface area contributed by atoms with Gasteiger partial charge in [-0.2, -0.15) is 0 Å². The molecule has 2 saturated carbocycles. The minimum Gasteiger partial charge on any atom is -0.0853 e. The molecule has 0 aliphatic heterocycles. The number of hydrogen-bond acceptors (Lipinski definition) is 0. The first-order valence-corrected chi connectivity index (χ1v) is 6.61. The molecule has 15 heavy (non-hydrogen) atoms. The first-order chi connectivity index (χ1) is 6.94. The minimum absolute atomic E-state index is 0.596. The van der Waals surface area contributed by atoms with Gasteiger partial charge in [-0.1, -0.05) is 39.3 Å². The van der Waals surface area contributed by atoms with Gasteiger partial charge in [-0.25, -0.2) is 0 Å². The topological polar surface area (TPSA) is 0 Å². The van der Waals surface area contributed by atoms with Crippen LogP contribution < -0.4 is 0 Å². The maximum atomic E-state index is 2.47. The van der Waals surface area contributed by atoms with Gasteiger partial charge in [0.2, 0.25) is 0 Å². The Labute approximate surface area is 95.1 Å². The molecule has 0 spiro atoms. The van der Waals surface area contributed by atoms with Crippen molar-refractivity contribution in [2.45, 2.75) is 60.3 Å². The molecule has 2 atom stereocenters. The third kappa shape index (κ3) is 1.57. The highest BCUT2D eigenvalue weighted by molar-refractivity contribution is 5.26. The van der Waals surface area contributed by atoms with E-state index in [1.54, 1.807) is 5.57 Å². The van der Waals surface area contributed by atoms with E-state index < -0.39 is 0 Å². The van der Waals surface area contributed by atoms with E-state index in [0.717, 1.165) is 11.8 Å². The Hall–Kier alpha value is -0.260. The SMILES string of the molecule is CCC=C(C)C1(C2C(C)CC2(C)C)CC1. The van der Waals surface area contributed by atoms with Crippen LogP contribution in [0.2, 0.25) is 0 Å². The van der Waals surface area contributed by atoms with Crippen molar-refractivity contribution < 1.29 is 0 Å². The number of rotatable bonds is 3. The third-order valence-corrected chi connectivity index (χ3v) is 4.94. The summed E-state index contributed by atoms with van der Waals surface area (Å²) in [5.41, 5.74) is 2.91. The number of allylic oxidation sites excluding steroid dienone is 2. The maximum Gasteiger partial charge on any atom is -0.00544 e. The van der Waals surface area contributed by atoms with Crippen LogP contribution in [0, 0.1) is 22.7 Å². The van der Waals surface area contributed by atoms with Gasteiger partial charge in [0.15, 0.2) is 0 Å². The van der Waals surface area contributed by atoms with E-state index in [0.29, 0.717) is 10.8 Å². The van der Waals surface area contributed by atoms with Crippen LogP contribution >= 0.6 is 0 Å². The average molecular weight is 206 g/mol. The standard InChI is InChI=1S/C15H26/c1-6-7-12(3)15(8-9-15)13-11(2)10-14(13,4)5/h7,11,13H,6,8-10H2,1-5H3. The Morgan fingerprint density at radius 2 is 1.93 bits per heavy atom. The molecule has 0 heteroatoms. The lowest BCUT2D eigenvalue weighted by Crippen LogP contribution is -2.48. The third-order valence-electron chi connectivity index (χ3n) is 4.94. The molecule has 0 N–H and O–H groups in total. The fourth-order valence-electron chi connectivity index (χ4n) is 4.57. The first-order valence-electron chi connectivity index (χ1n) is 6.61. The van der Waals surface area contributed by atoms with Gasteiger partial charge in [-0.05, 0) is 55.3 Å². The van der Waals surface area contributed by atoms with Crippen molar-refractivity contribution in [3.05, 3.63) is 11.6 Å². The van der Waals surface area contributed by atoms with Gasteiger partial charge in [-0.15, -0.1) is 0 Å². The van der Waals surface area contributed by atoms with E-state index in [1.165, 1.54) is 25.7 Å². The average Bonchev–Trinajstić information content (AvgIpc) is 2.84. The summed E-state index contributed by atoms with van der Waals surface area (Å²) in [5.74, 6) is 1.90. The smallest absolute Gasteiger partial charge is 0.00544 e. The molecular weight excluding hydrogens is 180 g/mol. The van der Waals surface area contributed by atoms with Crippen molar-refractivity contribution in [3.8, 4) is 0 Å². The maximum absolute atomic E-state index is 2.47. The van der Waals surface area contributed by atoms with Crippen molar-refractivity contribution in [2.75, 3.05) is 0 Å². The second-order valence-electron chi connectivity index (χ2n) is 6.60. The molecule has 2 fully saturated rings. The van der Waals surface area contributed by atoms with Crippen LogP contribution in [-0.4, -0.2) is 0 Å². The molecule has 0 radical (unpaired) electrons. The van der Waals surface area contributed by atoms with E-state index in [2.05, 4.69) is 40.7 Å². The molecule has 0 nitrogen and oxygen atoms in total. The highest BCUT2D eigenvalue weighted by Crippen LogP contribution is 2.70. The molecular formula is C15H26. The van der Waals surface area contributed by atoms with Crippen LogP contribution in [0.3, 0.4) is 0 Å². The van der Waals surface area contributed by atoms with E-state index in [-0.39, 0.29) is 0 Å². The molecule has 0 amide bonds.